The molecule has 2 aromatic carbocycles. The van der Waals surface area contributed by atoms with Gasteiger partial charge in [-0.05, 0) is 42.7 Å². The van der Waals surface area contributed by atoms with Crippen LogP contribution in [0.1, 0.15) is 31.0 Å². The zero-order chi connectivity index (χ0) is 20.7. The Morgan fingerprint density at radius 2 is 1.93 bits per heavy atom. The number of carbonyl (C=O) groups is 1. The second-order valence-corrected chi connectivity index (χ2v) is 7.53. The maximum Gasteiger partial charge on any atom is 0.294 e. The molecule has 2 aromatic rings. The summed E-state index contributed by atoms with van der Waals surface area (Å²) in [4.78, 5) is 12.1. The first kappa shape index (κ1) is 21.2. The summed E-state index contributed by atoms with van der Waals surface area (Å²) in [6, 6.07) is 14.7. The number of nitrogens with one attached hydrogen (secondary N) is 2. The summed E-state index contributed by atoms with van der Waals surface area (Å²) < 4.78 is 31.4. The van der Waals surface area contributed by atoms with Crippen LogP contribution in [0, 0.1) is 11.3 Å². The SMILES string of the molecule is CCc1ccc(C(C)NC(=O)/C(C#N)=C\Nc2cccc(S(=O)(=O)O)c2)cc1. The van der Waals surface area contributed by atoms with Crippen LogP contribution < -0.4 is 10.6 Å². The van der Waals surface area contributed by atoms with Gasteiger partial charge in [-0.1, -0.05) is 37.3 Å². The molecule has 1 amide bonds. The van der Waals surface area contributed by atoms with E-state index in [1.165, 1.54) is 36.0 Å². The third-order valence-electron chi connectivity index (χ3n) is 4.12. The number of rotatable bonds is 7. The normalized spacial score (nSPS) is 12.7. The van der Waals surface area contributed by atoms with Gasteiger partial charge in [-0.3, -0.25) is 9.35 Å². The first-order chi connectivity index (χ1) is 13.2. The van der Waals surface area contributed by atoms with Gasteiger partial charge in [0.2, 0.25) is 0 Å². The van der Waals surface area contributed by atoms with Gasteiger partial charge in [0.05, 0.1) is 10.9 Å². The van der Waals surface area contributed by atoms with E-state index in [2.05, 4.69) is 17.6 Å². The molecule has 1 atom stereocenters. The van der Waals surface area contributed by atoms with Crippen LogP contribution in [0.3, 0.4) is 0 Å². The molecule has 146 valence electrons. The Balaban J connectivity index is 2.09. The van der Waals surface area contributed by atoms with Gasteiger partial charge < -0.3 is 10.6 Å². The predicted octanol–water partition coefficient (Wildman–Crippen LogP) is 3.19. The van der Waals surface area contributed by atoms with Gasteiger partial charge in [0, 0.05) is 11.9 Å². The standard InChI is InChI=1S/C20H21N3O4S/c1-3-15-7-9-16(10-8-15)14(2)23-20(24)17(12-21)13-22-18-5-4-6-19(11-18)28(25,26)27/h4-11,13-14,22H,3H2,1-2H3,(H,23,24)(H,25,26,27)/b17-13-. The summed E-state index contributed by atoms with van der Waals surface area (Å²) in [6.45, 7) is 3.87. The molecule has 8 heteroatoms. The number of nitriles is 1. The molecule has 0 bridgehead atoms. The highest BCUT2D eigenvalue weighted by atomic mass is 32.2. The van der Waals surface area contributed by atoms with Crippen molar-refractivity contribution in [1.82, 2.24) is 5.32 Å². The molecule has 0 aliphatic carbocycles. The topological polar surface area (TPSA) is 119 Å². The molecule has 1 unspecified atom stereocenters. The molecule has 0 spiro atoms. The van der Waals surface area contributed by atoms with E-state index < -0.39 is 16.0 Å². The minimum atomic E-state index is -4.34. The minimum Gasteiger partial charge on any atom is -0.360 e. The molecular weight excluding hydrogens is 378 g/mol. The number of nitrogens with zero attached hydrogens (tertiary/aromatic N) is 1. The molecule has 0 heterocycles. The Bertz CT molecular complexity index is 1020. The first-order valence-corrected chi connectivity index (χ1v) is 10.0. The molecule has 0 aliphatic heterocycles. The molecule has 0 fully saturated rings. The van der Waals surface area contributed by atoms with Crippen molar-refractivity contribution in [2.75, 3.05) is 5.32 Å². The molecule has 3 N–H and O–H groups in total. The second kappa shape index (κ2) is 9.17. The molecule has 7 nitrogen and oxygen atoms in total. The Hall–Kier alpha value is -3.15. The van der Waals surface area contributed by atoms with Crippen LogP contribution in [0.15, 0.2) is 65.2 Å². The van der Waals surface area contributed by atoms with Crippen molar-refractivity contribution in [1.29, 1.82) is 5.26 Å². The van der Waals surface area contributed by atoms with Crippen LogP contribution in [0.25, 0.3) is 0 Å². The van der Waals surface area contributed by atoms with Gasteiger partial charge in [-0.15, -0.1) is 0 Å². The number of carbonyl (C=O) groups excluding carboxylic acids is 1. The average Bonchev–Trinajstić information content (AvgIpc) is 2.68. The zero-order valence-electron chi connectivity index (χ0n) is 15.5. The molecule has 0 saturated carbocycles. The summed E-state index contributed by atoms with van der Waals surface area (Å²) >= 11 is 0. The minimum absolute atomic E-state index is 0.172. The number of aryl methyl sites for hydroxylation is 1. The number of anilines is 1. The summed E-state index contributed by atoms with van der Waals surface area (Å²) in [5.74, 6) is -0.562. The summed E-state index contributed by atoms with van der Waals surface area (Å²) in [6.07, 6.45) is 2.11. The van der Waals surface area contributed by atoms with Crippen molar-refractivity contribution in [3.63, 3.8) is 0 Å². The Morgan fingerprint density at radius 3 is 2.50 bits per heavy atom. The monoisotopic (exact) mass is 399 g/mol. The second-order valence-electron chi connectivity index (χ2n) is 6.11. The van der Waals surface area contributed by atoms with E-state index in [0.717, 1.165) is 12.0 Å². The quantitative estimate of drug-likeness (QED) is 0.374. The smallest absolute Gasteiger partial charge is 0.294 e. The van der Waals surface area contributed by atoms with Gasteiger partial charge in [-0.25, -0.2) is 0 Å². The van der Waals surface area contributed by atoms with Gasteiger partial charge in [0.1, 0.15) is 11.6 Å². The fraction of sp³-hybridized carbons (Fsp3) is 0.200. The van der Waals surface area contributed by atoms with Crippen molar-refractivity contribution in [3.8, 4) is 6.07 Å². The summed E-state index contributed by atoms with van der Waals surface area (Å²) in [5.41, 5.74) is 2.24. The first-order valence-electron chi connectivity index (χ1n) is 8.58. The van der Waals surface area contributed by atoms with Gasteiger partial charge in [-0.2, -0.15) is 13.7 Å². The summed E-state index contributed by atoms with van der Waals surface area (Å²) in [7, 11) is -4.34. The van der Waals surface area contributed by atoms with E-state index in [1.54, 1.807) is 0 Å². The zero-order valence-corrected chi connectivity index (χ0v) is 16.3. The van der Waals surface area contributed by atoms with Crippen LogP contribution in [0.5, 0.6) is 0 Å². The summed E-state index contributed by atoms with van der Waals surface area (Å²) in [5, 5.41) is 14.7. The maximum absolute atomic E-state index is 12.4. The molecule has 0 saturated heterocycles. The molecule has 0 aromatic heterocycles. The van der Waals surface area contributed by atoms with Gasteiger partial charge >= 0.3 is 0 Å². The molecule has 0 aliphatic rings. The van der Waals surface area contributed by atoms with Crippen molar-refractivity contribution in [2.45, 2.75) is 31.2 Å². The van der Waals surface area contributed by atoms with E-state index in [1.807, 2.05) is 37.3 Å². The molecule has 0 radical (unpaired) electrons. The molecular formula is C20H21N3O4S. The van der Waals surface area contributed by atoms with Gasteiger partial charge in [0.25, 0.3) is 16.0 Å². The lowest BCUT2D eigenvalue weighted by atomic mass is 10.0. The highest BCUT2D eigenvalue weighted by molar-refractivity contribution is 7.85. The lowest BCUT2D eigenvalue weighted by Gasteiger charge is -2.14. The Labute approximate surface area is 164 Å². The highest BCUT2D eigenvalue weighted by Gasteiger charge is 2.14. The molecule has 28 heavy (non-hydrogen) atoms. The third kappa shape index (κ3) is 5.67. The fourth-order valence-electron chi connectivity index (χ4n) is 2.45. The van der Waals surface area contributed by atoms with Crippen molar-refractivity contribution in [2.24, 2.45) is 0 Å². The van der Waals surface area contributed by atoms with Crippen LogP contribution in [0.2, 0.25) is 0 Å². The van der Waals surface area contributed by atoms with Gasteiger partial charge in [0.15, 0.2) is 0 Å². The van der Waals surface area contributed by atoms with Crippen LogP contribution in [-0.4, -0.2) is 18.9 Å². The van der Waals surface area contributed by atoms with Crippen molar-refractivity contribution >= 4 is 21.7 Å². The van der Waals surface area contributed by atoms with E-state index in [9.17, 15) is 18.5 Å². The van der Waals surface area contributed by atoms with E-state index in [4.69, 9.17) is 4.55 Å². The van der Waals surface area contributed by atoms with Crippen LogP contribution in [0.4, 0.5) is 5.69 Å². The van der Waals surface area contributed by atoms with E-state index in [0.29, 0.717) is 5.69 Å². The third-order valence-corrected chi connectivity index (χ3v) is 4.97. The Morgan fingerprint density at radius 1 is 1.25 bits per heavy atom. The van der Waals surface area contributed by atoms with Crippen molar-refractivity contribution in [3.05, 3.63) is 71.4 Å². The number of benzene rings is 2. The largest absolute Gasteiger partial charge is 0.360 e. The van der Waals surface area contributed by atoms with E-state index >= 15 is 0 Å². The number of amides is 1. The van der Waals surface area contributed by atoms with Crippen LogP contribution >= 0.6 is 0 Å². The highest BCUT2D eigenvalue weighted by Crippen LogP contribution is 2.16. The lowest BCUT2D eigenvalue weighted by molar-refractivity contribution is -0.117. The van der Waals surface area contributed by atoms with Crippen molar-refractivity contribution < 1.29 is 17.8 Å². The van der Waals surface area contributed by atoms with Crippen LogP contribution in [-0.2, 0) is 21.3 Å². The number of hydrogen-bond acceptors (Lipinski definition) is 5. The fourth-order valence-corrected chi connectivity index (χ4v) is 2.98. The maximum atomic E-state index is 12.4. The lowest BCUT2D eigenvalue weighted by Crippen LogP contribution is -2.28. The average molecular weight is 399 g/mol. The van der Waals surface area contributed by atoms with E-state index in [-0.39, 0.29) is 16.5 Å². The number of hydrogen-bond donors (Lipinski definition) is 3. The Kier molecular flexibility index (Phi) is 6.93. The predicted molar refractivity (Wildman–Crippen MR) is 106 cm³/mol. The molecule has 2 rings (SSSR count).